The Hall–Kier alpha value is -1.71. The van der Waals surface area contributed by atoms with Crippen LogP contribution in [-0.4, -0.2) is 14.5 Å². The molecule has 2 heterocycles. The van der Waals surface area contributed by atoms with Crippen LogP contribution in [0.4, 0.5) is 0 Å². The molecule has 0 aliphatic carbocycles. The maximum absolute atomic E-state index is 12.3. The summed E-state index contributed by atoms with van der Waals surface area (Å²) < 4.78 is 1.89. The fourth-order valence-electron chi connectivity index (χ4n) is 2.63. The molecule has 0 aliphatic heterocycles. The Morgan fingerprint density at radius 2 is 1.95 bits per heavy atom. The van der Waals surface area contributed by atoms with E-state index in [1.54, 1.807) is 6.20 Å². The second-order valence-electron chi connectivity index (χ2n) is 5.51. The molecule has 20 heavy (non-hydrogen) atoms. The lowest BCUT2D eigenvalue weighted by Gasteiger charge is -2.19. The highest BCUT2D eigenvalue weighted by Crippen LogP contribution is 2.22. The Kier molecular flexibility index (Phi) is 4.53. The van der Waals surface area contributed by atoms with Crippen LogP contribution in [0.2, 0.25) is 0 Å². The Balaban J connectivity index is 2.53. The molecule has 108 valence electrons. The van der Waals surface area contributed by atoms with Crippen molar-refractivity contribution in [3.63, 3.8) is 0 Å². The van der Waals surface area contributed by atoms with Gasteiger partial charge in [-0.1, -0.05) is 26.2 Å². The molecule has 2 rings (SSSR count). The van der Waals surface area contributed by atoms with Crippen LogP contribution < -0.4 is 5.56 Å². The molecule has 0 aliphatic rings. The van der Waals surface area contributed by atoms with E-state index in [9.17, 15) is 4.79 Å². The predicted octanol–water partition coefficient (Wildman–Crippen LogP) is 3.55. The van der Waals surface area contributed by atoms with Crippen LogP contribution in [0.15, 0.2) is 17.2 Å². The molecule has 0 bridgehead atoms. The third-order valence-corrected chi connectivity index (χ3v) is 3.98. The number of aromatic nitrogens is 3. The average Bonchev–Trinajstić information content (AvgIpc) is 2.43. The molecule has 0 saturated heterocycles. The molecule has 0 fully saturated rings. The van der Waals surface area contributed by atoms with Gasteiger partial charge >= 0.3 is 0 Å². The molecule has 2 aromatic rings. The van der Waals surface area contributed by atoms with Gasteiger partial charge in [-0.15, -0.1) is 0 Å². The number of pyridine rings is 1. The zero-order chi connectivity index (χ0) is 14.7. The lowest BCUT2D eigenvalue weighted by Crippen LogP contribution is -2.24. The highest BCUT2D eigenvalue weighted by Gasteiger charge is 2.14. The quantitative estimate of drug-likeness (QED) is 0.783. The van der Waals surface area contributed by atoms with E-state index in [4.69, 9.17) is 0 Å². The SMILES string of the molecule is CCCCCC(C)n1c(=O)cnc2cnc(C)c(C)c21. The van der Waals surface area contributed by atoms with E-state index in [1.165, 1.54) is 19.0 Å². The van der Waals surface area contributed by atoms with Crippen molar-refractivity contribution in [3.05, 3.63) is 34.0 Å². The molecule has 0 amide bonds. The van der Waals surface area contributed by atoms with Crippen molar-refractivity contribution in [2.24, 2.45) is 0 Å². The monoisotopic (exact) mass is 273 g/mol. The molecule has 1 unspecified atom stereocenters. The van der Waals surface area contributed by atoms with E-state index >= 15 is 0 Å². The first-order chi connectivity index (χ1) is 9.56. The van der Waals surface area contributed by atoms with Gasteiger partial charge in [0.15, 0.2) is 0 Å². The molecular weight excluding hydrogens is 250 g/mol. The summed E-state index contributed by atoms with van der Waals surface area (Å²) in [5.41, 5.74) is 3.73. The number of unbranched alkanes of at least 4 members (excludes halogenated alkanes) is 2. The molecule has 4 heteroatoms. The van der Waals surface area contributed by atoms with Crippen LogP contribution in [0.1, 0.15) is 56.8 Å². The highest BCUT2D eigenvalue weighted by atomic mass is 16.1. The summed E-state index contributed by atoms with van der Waals surface area (Å²) in [5, 5.41) is 0. The fraction of sp³-hybridized carbons (Fsp3) is 0.562. The zero-order valence-corrected chi connectivity index (χ0v) is 12.8. The molecule has 0 aromatic carbocycles. The van der Waals surface area contributed by atoms with Gasteiger partial charge in [-0.05, 0) is 32.8 Å². The normalized spacial score (nSPS) is 12.8. The summed E-state index contributed by atoms with van der Waals surface area (Å²) >= 11 is 0. The van der Waals surface area contributed by atoms with Gasteiger partial charge in [-0.3, -0.25) is 9.78 Å². The first-order valence-corrected chi connectivity index (χ1v) is 7.39. The lowest BCUT2D eigenvalue weighted by atomic mass is 10.1. The number of rotatable bonds is 5. The van der Waals surface area contributed by atoms with Gasteiger partial charge in [-0.25, -0.2) is 4.98 Å². The van der Waals surface area contributed by atoms with Crippen LogP contribution in [0.25, 0.3) is 11.0 Å². The molecule has 0 radical (unpaired) electrons. The summed E-state index contributed by atoms with van der Waals surface area (Å²) in [6, 6.07) is 0.194. The summed E-state index contributed by atoms with van der Waals surface area (Å²) in [6.07, 6.45) is 7.74. The Morgan fingerprint density at radius 3 is 2.65 bits per heavy atom. The van der Waals surface area contributed by atoms with E-state index in [0.717, 1.165) is 35.1 Å². The maximum Gasteiger partial charge on any atom is 0.269 e. The summed E-state index contributed by atoms with van der Waals surface area (Å²) in [6.45, 7) is 8.29. The highest BCUT2D eigenvalue weighted by molar-refractivity contribution is 5.78. The zero-order valence-electron chi connectivity index (χ0n) is 12.8. The minimum Gasteiger partial charge on any atom is -0.302 e. The van der Waals surface area contributed by atoms with Crippen LogP contribution in [-0.2, 0) is 0 Å². The third kappa shape index (κ3) is 2.74. The standard InChI is InChI=1S/C16H23N3O/c1-5-6-7-8-11(2)19-15(20)10-18-14-9-17-13(4)12(3)16(14)19/h9-11H,5-8H2,1-4H3. The molecule has 2 aromatic heterocycles. The van der Waals surface area contributed by atoms with Gasteiger partial charge in [0.2, 0.25) is 0 Å². The molecule has 0 spiro atoms. The van der Waals surface area contributed by atoms with Crippen LogP contribution in [0.5, 0.6) is 0 Å². The number of hydrogen-bond acceptors (Lipinski definition) is 3. The first kappa shape index (κ1) is 14.7. The molecule has 4 nitrogen and oxygen atoms in total. The van der Waals surface area contributed by atoms with Gasteiger partial charge in [-0.2, -0.15) is 0 Å². The minimum atomic E-state index is -0.0183. The van der Waals surface area contributed by atoms with E-state index in [-0.39, 0.29) is 11.6 Å². The minimum absolute atomic E-state index is 0.0183. The van der Waals surface area contributed by atoms with Gasteiger partial charge < -0.3 is 4.57 Å². The maximum atomic E-state index is 12.3. The van der Waals surface area contributed by atoms with Gasteiger partial charge in [0.05, 0.1) is 17.9 Å². The van der Waals surface area contributed by atoms with E-state index in [0.29, 0.717) is 0 Å². The van der Waals surface area contributed by atoms with Crippen molar-refractivity contribution < 1.29 is 0 Å². The van der Waals surface area contributed by atoms with E-state index in [1.807, 2.05) is 18.4 Å². The van der Waals surface area contributed by atoms with Gasteiger partial charge in [0, 0.05) is 11.7 Å². The molecule has 1 atom stereocenters. The average molecular weight is 273 g/mol. The summed E-state index contributed by atoms with van der Waals surface area (Å²) in [7, 11) is 0. The molecular formula is C16H23N3O. The van der Waals surface area contributed by atoms with Crippen molar-refractivity contribution in [3.8, 4) is 0 Å². The largest absolute Gasteiger partial charge is 0.302 e. The lowest BCUT2D eigenvalue weighted by molar-refractivity contribution is 0.476. The van der Waals surface area contributed by atoms with E-state index < -0.39 is 0 Å². The van der Waals surface area contributed by atoms with Crippen molar-refractivity contribution in [2.45, 2.75) is 59.4 Å². The van der Waals surface area contributed by atoms with Gasteiger partial charge in [0.1, 0.15) is 5.52 Å². The summed E-state index contributed by atoms with van der Waals surface area (Å²) in [4.78, 5) is 20.8. The Bertz CT molecular complexity index is 661. The van der Waals surface area contributed by atoms with Crippen molar-refractivity contribution in [1.82, 2.24) is 14.5 Å². The summed E-state index contributed by atoms with van der Waals surface area (Å²) in [5.74, 6) is 0. The Morgan fingerprint density at radius 1 is 1.20 bits per heavy atom. The van der Waals surface area contributed by atoms with E-state index in [2.05, 4.69) is 23.8 Å². The number of aryl methyl sites for hydroxylation is 2. The molecule has 0 N–H and O–H groups in total. The first-order valence-electron chi connectivity index (χ1n) is 7.39. The van der Waals surface area contributed by atoms with Crippen molar-refractivity contribution in [1.29, 1.82) is 0 Å². The fourth-order valence-corrected chi connectivity index (χ4v) is 2.63. The predicted molar refractivity (Wildman–Crippen MR) is 82.1 cm³/mol. The van der Waals surface area contributed by atoms with Crippen LogP contribution in [0.3, 0.4) is 0 Å². The van der Waals surface area contributed by atoms with Crippen molar-refractivity contribution in [2.75, 3.05) is 0 Å². The smallest absolute Gasteiger partial charge is 0.269 e. The number of hydrogen-bond donors (Lipinski definition) is 0. The van der Waals surface area contributed by atoms with Crippen LogP contribution in [0, 0.1) is 13.8 Å². The third-order valence-electron chi connectivity index (χ3n) is 3.98. The van der Waals surface area contributed by atoms with Crippen molar-refractivity contribution >= 4 is 11.0 Å². The topological polar surface area (TPSA) is 47.8 Å². The van der Waals surface area contributed by atoms with Crippen LogP contribution >= 0.6 is 0 Å². The van der Waals surface area contributed by atoms with Gasteiger partial charge in [0.25, 0.3) is 5.56 Å². The number of fused-ring (bicyclic) bond motifs is 1. The second kappa shape index (κ2) is 6.16. The number of nitrogens with zero attached hydrogens (tertiary/aromatic N) is 3. The second-order valence-corrected chi connectivity index (χ2v) is 5.51. The molecule has 0 saturated carbocycles. The Labute approximate surface area is 119 Å².